The molecule has 1 spiro atoms. The number of halogens is 1. The van der Waals surface area contributed by atoms with Crippen LogP contribution in [-0.4, -0.2) is 50.5 Å². The van der Waals surface area contributed by atoms with Crippen molar-refractivity contribution < 1.29 is 23.1 Å². The second kappa shape index (κ2) is 10.9. The molecule has 2 saturated carbocycles. The lowest BCUT2D eigenvalue weighted by atomic mass is 9.68. The highest BCUT2D eigenvalue weighted by molar-refractivity contribution is 7.90. The van der Waals surface area contributed by atoms with Crippen molar-refractivity contribution in [1.29, 1.82) is 0 Å². The molecule has 0 radical (unpaired) electrons. The molecule has 2 fully saturated rings. The first kappa shape index (κ1) is 28.2. The molecule has 5 aliphatic rings. The number of carbonyl (C=O) groups excluding carboxylic acids is 1. The van der Waals surface area contributed by atoms with Gasteiger partial charge in [0.05, 0.1) is 23.6 Å². The molecule has 7 rings (SSSR count). The molecule has 0 aromatic heterocycles. The number of ether oxygens (including phenoxy) is 1. The summed E-state index contributed by atoms with van der Waals surface area (Å²) in [6.07, 6.45) is 11.0. The minimum Gasteiger partial charge on any atom is -0.490 e. The van der Waals surface area contributed by atoms with Crippen LogP contribution in [0.3, 0.4) is 0 Å². The van der Waals surface area contributed by atoms with Gasteiger partial charge in [-0.15, -0.1) is 0 Å². The Morgan fingerprint density at radius 1 is 1.05 bits per heavy atom. The molecule has 0 unspecified atom stereocenters. The quantitative estimate of drug-likeness (QED) is 0.389. The Bertz CT molecular complexity index is 1530. The molecule has 2 bridgehead atoms. The summed E-state index contributed by atoms with van der Waals surface area (Å²) in [4.78, 5) is 15.8. The molecule has 2 heterocycles. The summed E-state index contributed by atoms with van der Waals surface area (Å²) in [7, 11) is -3.86. The van der Waals surface area contributed by atoms with Gasteiger partial charge in [-0.2, -0.15) is 0 Å². The molecule has 2 aromatic rings. The second-order valence-corrected chi connectivity index (χ2v) is 15.5. The van der Waals surface area contributed by atoms with Crippen LogP contribution >= 0.6 is 11.6 Å². The van der Waals surface area contributed by atoms with E-state index < -0.39 is 27.3 Å². The van der Waals surface area contributed by atoms with Crippen molar-refractivity contribution in [2.24, 2.45) is 17.8 Å². The van der Waals surface area contributed by atoms with Crippen molar-refractivity contribution in [3.05, 3.63) is 70.3 Å². The lowest BCUT2D eigenvalue weighted by molar-refractivity contribution is 0.0455. The van der Waals surface area contributed by atoms with Crippen LogP contribution in [0.4, 0.5) is 5.69 Å². The first-order valence-electron chi connectivity index (χ1n) is 15.4. The van der Waals surface area contributed by atoms with Gasteiger partial charge < -0.3 is 14.7 Å². The first-order valence-corrected chi connectivity index (χ1v) is 17.4. The number of hydrogen-bond acceptors (Lipinski definition) is 6. The van der Waals surface area contributed by atoms with Crippen LogP contribution in [0.2, 0.25) is 5.02 Å². The minimum atomic E-state index is -3.86. The Balaban J connectivity index is 1.29. The normalized spacial score (nSPS) is 34.6. The molecule has 1 amide bonds. The number of fused-ring (bicyclic) bond motifs is 5. The predicted octanol–water partition coefficient (Wildman–Crippen LogP) is 5.39. The van der Waals surface area contributed by atoms with Gasteiger partial charge in [0, 0.05) is 29.1 Å². The summed E-state index contributed by atoms with van der Waals surface area (Å²) in [6.45, 7) is 1.94. The average Bonchev–Trinajstić information content (AvgIpc) is 3.37. The van der Waals surface area contributed by atoms with Crippen LogP contribution in [0.5, 0.6) is 5.75 Å². The fourth-order valence-electron chi connectivity index (χ4n) is 8.29. The van der Waals surface area contributed by atoms with Gasteiger partial charge in [0.1, 0.15) is 5.75 Å². The number of hydrogen-bond donors (Lipinski definition) is 2. The number of aliphatic hydroxyl groups is 1. The number of amides is 1. The van der Waals surface area contributed by atoms with Crippen molar-refractivity contribution in [1.82, 2.24) is 4.72 Å². The van der Waals surface area contributed by atoms with Crippen LogP contribution in [-0.2, 0) is 21.9 Å². The van der Waals surface area contributed by atoms with E-state index in [4.69, 9.17) is 16.3 Å². The summed E-state index contributed by atoms with van der Waals surface area (Å²) in [5, 5.41) is 11.3. The molecular formula is C33H39ClN2O5S. The third-order valence-corrected chi connectivity index (χ3v) is 12.8. The van der Waals surface area contributed by atoms with Gasteiger partial charge >= 0.3 is 0 Å². The summed E-state index contributed by atoms with van der Waals surface area (Å²) in [6, 6.07) is 11.5. The number of aliphatic hydroxyl groups excluding tert-OH is 1. The fourth-order valence-corrected chi connectivity index (χ4v) is 10.2. The number of sulfonamides is 1. The molecule has 6 atom stereocenters. The summed E-state index contributed by atoms with van der Waals surface area (Å²) in [5.74, 6) is 0.472. The van der Waals surface area contributed by atoms with Crippen LogP contribution in [0.15, 0.2) is 48.6 Å². The highest BCUT2D eigenvalue weighted by Gasteiger charge is 2.44. The molecule has 0 saturated heterocycles. The standard InChI is InChI=1S/C33H39ClN2O5S/c34-25-11-13-27-22(16-25)6-3-15-33(27)19-36-18-24-9-12-26(24)29(37)7-1-4-21-5-2-8-31(21)42(39,40)35-32(38)23-10-14-30(41-20-33)28(36)17-23/h1,7,10-11,13-14,16-17,21,24,26,29,31,37H,2-6,8-9,12,15,18-20H2,(H,35,38)/b7-1-/t21-,24-,26+,29-,31-,33-/m0/s1. The SMILES string of the molecule is O=C1NS(=O)(=O)[C@H]2CCC[C@@H]2C/C=C\[C@H](O)[C@@H]2CC[C@H]2CN2C[C@@]3(CCCc4cc(Cl)ccc43)COc3ccc1cc32. The van der Waals surface area contributed by atoms with E-state index in [-0.39, 0.29) is 17.3 Å². The lowest BCUT2D eigenvalue weighted by Gasteiger charge is -2.45. The van der Waals surface area contributed by atoms with Gasteiger partial charge in [-0.05, 0) is 111 Å². The van der Waals surface area contributed by atoms with E-state index in [1.165, 1.54) is 11.1 Å². The van der Waals surface area contributed by atoms with E-state index in [9.17, 15) is 18.3 Å². The van der Waals surface area contributed by atoms with E-state index >= 15 is 0 Å². The van der Waals surface area contributed by atoms with Gasteiger partial charge in [-0.1, -0.05) is 36.2 Å². The number of anilines is 1. The van der Waals surface area contributed by atoms with E-state index in [0.717, 1.165) is 62.2 Å². The molecule has 2 aliphatic heterocycles. The van der Waals surface area contributed by atoms with Crippen molar-refractivity contribution in [3.8, 4) is 5.75 Å². The number of rotatable bonds is 0. The number of nitrogens with zero attached hydrogens (tertiary/aromatic N) is 1. The Labute approximate surface area is 253 Å². The zero-order chi connectivity index (χ0) is 29.1. The van der Waals surface area contributed by atoms with E-state index in [0.29, 0.717) is 43.2 Å². The van der Waals surface area contributed by atoms with Crippen LogP contribution in [0.1, 0.15) is 72.9 Å². The Kier molecular flexibility index (Phi) is 7.30. The van der Waals surface area contributed by atoms with E-state index in [1.807, 2.05) is 24.3 Å². The number of nitrogens with one attached hydrogen (secondary N) is 1. The zero-order valence-electron chi connectivity index (χ0n) is 23.8. The number of allylic oxidation sites excluding steroid dienone is 1. The molecule has 224 valence electrons. The molecule has 2 aromatic carbocycles. The van der Waals surface area contributed by atoms with E-state index in [1.54, 1.807) is 12.1 Å². The van der Waals surface area contributed by atoms with Gasteiger partial charge in [0.15, 0.2) is 0 Å². The van der Waals surface area contributed by atoms with Crippen molar-refractivity contribution in [3.63, 3.8) is 0 Å². The fraction of sp³-hybridized carbons (Fsp3) is 0.545. The third-order valence-electron chi connectivity index (χ3n) is 10.7. The monoisotopic (exact) mass is 610 g/mol. The smallest absolute Gasteiger partial charge is 0.264 e. The van der Waals surface area contributed by atoms with E-state index in [2.05, 4.69) is 21.8 Å². The first-order chi connectivity index (χ1) is 20.2. The minimum absolute atomic E-state index is 0.0655. The largest absolute Gasteiger partial charge is 0.490 e. The number of carbonyl (C=O) groups is 1. The highest BCUT2D eigenvalue weighted by Crippen LogP contribution is 2.47. The number of benzene rings is 2. The second-order valence-electron chi connectivity index (χ2n) is 13.1. The summed E-state index contributed by atoms with van der Waals surface area (Å²) >= 11 is 6.39. The van der Waals surface area contributed by atoms with Gasteiger partial charge in [-0.3, -0.25) is 4.79 Å². The lowest BCUT2D eigenvalue weighted by Crippen LogP contribution is -2.49. The van der Waals surface area contributed by atoms with Crippen LogP contribution < -0.4 is 14.4 Å². The van der Waals surface area contributed by atoms with Gasteiger partial charge in [-0.25, -0.2) is 13.1 Å². The zero-order valence-corrected chi connectivity index (χ0v) is 25.4. The van der Waals surface area contributed by atoms with Crippen molar-refractivity contribution in [2.75, 3.05) is 24.6 Å². The number of aryl methyl sites for hydroxylation is 1. The summed E-state index contributed by atoms with van der Waals surface area (Å²) < 4.78 is 35.7. The van der Waals surface area contributed by atoms with Gasteiger partial charge in [0.25, 0.3) is 5.91 Å². The highest BCUT2D eigenvalue weighted by atomic mass is 35.5. The molecule has 9 heteroatoms. The predicted molar refractivity (Wildman–Crippen MR) is 164 cm³/mol. The molecular weight excluding hydrogens is 572 g/mol. The van der Waals surface area contributed by atoms with Gasteiger partial charge in [0.2, 0.25) is 10.0 Å². The van der Waals surface area contributed by atoms with Crippen LogP contribution in [0, 0.1) is 17.8 Å². The maximum absolute atomic E-state index is 13.4. The Morgan fingerprint density at radius 3 is 2.76 bits per heavy atom. The topological polar surface area (TPSA) is 95.9 Å². The molecule has 42 heavy (non-hydrogen) atoms. The molecule has 7 nitrogen and oxygen atoms in total. The third kappa shape index (κ3) is 5.03. The van der Waals surface area contributed by atoms with Crippen molar-refractivity contribution >= 4 is 33.2 Å². The van der Waals surface area contributed by atoms with Crippen molar-refractivity contribution in [2.45, 2.75) is 74.6 Å². The maximum atomic E-state index is 13.4. The Morgan fingerprint density at radius 2 is 1.93 bits per heavy atom. The maximum Gasteiger partial charge on any atom is 0.264 e. The summed E-state index contributed by atoms with van der Waals surface area (Å²) in [5.41, 5.74) is 3.39. The molecule has 2 N–H and O–H groups in total. The average molecular weight is 611 g/mol. The van der Waals surface area contributed by atoms with Crippen LogP contribution in [0.25, 0.3) is 0 Å². The molecule has 3 aliphatic carbocycles. The Hall–Kier alpha value is -2.55.